The molecule has 0 heterocycles. The van der Waals surface area contributed by atoms with Gasteiger partial charge in [0.25, 0.3) is 6.43 Å². The summed E-state index contributed by atoms with van der Waals surface area (Å²) in [5.41, 5.74) is -0.0588. The van der Waals surface area contributed by atoms with E-state index in [0.717, 1.165) is 57.3 Å². The Morgan fingerprint density at radius 3 is 2.20 bits per heavy atom. The Balaban J connectivity index is 1.25. The molecule has 0 spiro atoms. The van der Waals surface area contributed by atoms with E-state index in [-0.39, 0.29) is 11.7 Å². The van der Waals surface area contributed by atoms with Crippen molar-refractivity contribution in [3.63, 3.8) is 0 Å². The summed E-state index contributed by atoms with van der Waals surface area (Å²) in [6.07, 6.45) is 25.1. The molecule has 1 nitrogen and oxygen atoms in total. The lowest BCUT2D eigenvalue weighted by molar-refractivity contribution is 0.133. The van der Waals surface area contributed by atoms with Crippen LogP contribution >= 0.6 is 0 Å². The number of ether oxygens (including phenoxy) is 1. The van der Waals surface area contributed by atoms with E-state index < -0.39 is 17.8 Å². The molecule has 1 aromatic carbocycles. The standard InChI is InChI=1S/C36H53F3O/c1-3-5-6-8-27-19-21-31(22-20-27)32-23-24-33(34(35(32)37)36(38)39)40-25-30-17-15-29(16-18-30)14-13-28-11-9-26(7-4-2)10-12-28/h9,11,13-14,23-24,26-31,36H,3-8,10,12,15-22,25H2,1-2H3/b14-13+. The molecule has 0 amide bonds. The first-order valence-corrected chi connectivity index (χ1v) is 16.6. The maximum atomic E-state index is 15.5. The van der Waals surface area contributed by atoms with Gasteiger partial charge in [0.1, 0.15) is 11.6 Å². The van der Waals surface area contributed by atoms with Gasteiger partial charge in [-0.05, 0) is 118 Å². The summed E-state index contributed by atoms with van der Waals surface area (Å²) in [6, 6.07) is 3.34. The van der Waals surface area contributed by atoms with Crippen molar-refractivity contribution in [1.82, 2.24) is 0 Å². The van der Waals surface area contributed by atoms with Gasteiger partial charge in [-0.25, -0.2) is 13.2 Å². The highest BCUT2D eigenvalue weighted by molar-refractivity contribution is 5.41. The Morgan fingerprint density at radius 2 is 1.55 bits per heavy atom. The summed E-state index contributed by atoms with van der Waals surface area (Å²) in [4.78, 5) is 0. The Labute approximate surface area is 242 Å². The van der Waals surface area contributed by atoms with E-state index in [1.807, 2.05) is 0 Å². The summed E-state index contributed by atoms with van der Waals surface area (Å²) >= 11 is 0. The Kier molecular flexibility index (Phi) is 12.5. The van der Waals surface area contributed by atoms with Gasteiger partial charge in [0.2, 0.25) is 0 Å². The predicted octanol–water partition coefficient (Wildman–Crippen LogP) is 11.7. The Bertz CT molecular complexity index is 938. The quantitative estimate of drug-likeness (QED) is 0.173. The molecule has 0 bridgehead atoms. The molecule has 2 saturated carbocycles. The molecule has 3 aliphatic carbocycles. The molecule has 3 aliphatic rings. The molecule has 1 aromatic rings. The Morgan fingerprint density at radius 1 is 0.800 bits per heavy atom. The number of hydrogen-bond donors (Lipinski definition) is 0. The van der Waals surface area contributed by atoms with Gasteiger partial charge in [-0.1, -0.05) is 76.3 Å². The fourth-order valence-corrected chi connectivity index (χ4v) is 7.41. The third kappa shape index (κ3) is 8.89. The highest BCUT2D eigenvalue weighted by Crippen LogP contribution is 2.43. The second kappa shape index (κ2) is 16.1. The lowest BCUT2D eigenvalue weighted by atomic mass is 9.76. The highest BCUT2D eigenvalue weighted by atomic mass is 19.3. The first-order valence-electron chi connectivity index (χ1n) is 16.6. The molecule has 224 valence electrons. The lowest BCUT2D eigenvalue weighted by Gasteiger charge is -2.30. The average Bonchev–Trinajstić information content (AvgIpc) is 2.97. The molecule has 0 saturated heterocycles. The molecular formula is C36H53F3O. The van der Waals surface area contributed by atoms with Crippen LogP contribution in [0.4, 0.5) is 13.2 Å². The zero-order valence-electron chi connectivity index (χ0n) is 25.1. The van der Waals surface area contributed by atoms with Crippen molar-refractivity contribution in [2.45, 2.75) is 129 Å². The minimum atomic E-state index is -2.87. The number of unbranched alkanes of at least 4 members (excludes halogenated alkanes) is 2. The summed E-state index contributed by atoms with van der Waals surface area (Å²) in [7, 11) is 0. The number of alkyl halides is 2. The fraction of sp³-hybridized carbons (Fsp3) is 0.722. The summed E-state index contributed by atoms with van der Waals surface area (Å²) < 4.78 is 49.5. The van der Waals surface area contributed by atoms with Crippen LogP contribution in [0.1, 0.15) is 140 Å². The van der Waals surface area contributed by atoms with E-state index in [1.54, 1.807) is 12.1 Å². The van der Waals surface area contributed by atoms with Crippen molar-refractivity contribution >= 4 is 0 Å². The van der Waals surface area contributed by atoms with Crippen LogP contribution in [0, 0.1) is 35.4 Å². The molecular weight excluding hydrogens is 505 g/mol. The number of halogens is 3. The molecule has 2 atom stereocenters. The minimum Gasteiger partial charge on any atom is -0.493 e. The number of allylic oxidation sites excluding steroid dienone is 4. The summed E-state index contributed by atoms with van der Waals surface area (Å²) in [6.45, 7) is 4.87. The van der Waals surface area contributed by atoms with Crippen LogP contribution in [0.2, 0.25) is 0 Å². The lowest BCUT2D eigenvalue weighted by Crippen LogP contribution is -2.20. The van der Waals surface area contributed by atoms with Crippen LogP contribution in [0.15, 0.2) is 36.4 Å². The number of benzene rings is 1. The Hall–Kier alpha value is -1.71. The van der Waals surface area contributed by atoms with E-state index >= 15 is 4.39 Å². The molecule has 0 aliphatic heterocycles. The van der Waals surface area contributed by atoms with Gasteiger partial charge in [-0.2, -0.15) is 0 Å². The van der Waals surface area contributed by atoms with Gasteiger partial charge < -0.3 is 4.74 Å². The van der Waals surface area contributed by atoms with Crippen molar-refractivity contribution in [3.05, 3.63) is 53.4 Å². The minimum absolute atomic E-state index is 0.0389. The molecule has 4 rings (SSSR count). The van der Waals surface area contributed by atoms with Crippen LogP contribution in [0.25, 0.3) is 0 Å². The van der Waals surface area contributed by atoms with Crippen LogP contribution in [0.3, 0.4) is 0 Å². The van der Waals surface area contributed by atoms with E-state index in [4.69, 9.17) is 4.74 Å². The molecule has 2 unspecified atom stereocenters. The van der Waals surface area contributed by atoms with Crippen molar-refractivity contribution < 1.29 is 17.9 Å². The molecule has 0 radical (unpaired) electrons. The second-order valence-electron chi connectivity index (χ2n) is 13.0. The van der Waals surface area contributed by atoms with Crippen molar-refractivity contribution in [1.29, 1.82) is 0 Å². The van der Waals surface area contributed by atoms with Gasteiger partial charge in [0.15, 0.2) is 0 Å². The average molecular weight is 559 g/mol. The predicted molar refractivity (Wildman–Crippen MR) is 161 cm³/mol. The maximum absolute atomic E-state index is 15.5. The summed E-state index contributed by atoms with van der Waals surface area (Å²) in [5.74, 6) is 2.32. The molecule has 0 aromatic heterocycles. The molecule has 2 fully saturated rings. The summed E-state index contributed by atoms with van der Waals surface area (Å²) in [5, 5.41) is 0. The van der Waals surface area contributed by atoms with Crippen molar-refractivity contribution in [3.8, 4) is 5.75 Å². The normalized spacial score (nSPS) is 29.4. The van der Waals surface area contributed by atoms with Crippen LogP contribution < -0.4 is 4.74 Å². The van der Waals surface area contributed by atoms with E-state index in [1.165, 1.54) is 51.4 Å². The molecule has 40 heavy (non-hydrogen) atoms. The fourth-order valence-electron chi connectivity index (χ4n) is 7.41. The third-order valence-electron chi connectivity index (χ3n) is 10.0. The SMILES string of the molecule is CCCCCC1CCC(c2ccc(OCC3CCC(/C=C/C4C=CC(CCC)CC4)CC3)c(C(F)F)c2F)CC1. The van der Waals surface area contributed by atoms with E-state index in [9.17, 15) is 8.78 Å². The molecule has 0 N–H and O–H groups in total. The number of rotatable bonds is 13. The van der Waals surface area contributed by atoms with Gasteiger partial charge in [0, 0.05) is 0 Å². The number of hydrogen-bond acceptors (Lipinski definition) is 1. The molecule has 4 heteroatoms. The van der Waals surface area contributed by atoms with Crippen LogP contribution in [-0.2, 0) is 0 Å². The van der Waals surface area contributed by atoms with Gasteiger partial charge in [-0.3, -0.25) is 0 Å². The van der Waals surface area contributed by atoms with Crippen molar-refractivity contribution in [2.75, 3.05) is 6.61 Å². The second-order valence-corrected chi connectivity index (χ2v) is 13.0. The van der Waals surface area contributed by atoms with Gasteiger partial charge in [-0.15, -0.1) is 0 Å². The van der Waals surface area contributed by atoms with Crippen LogP contribution in [0.5, 0.6) is 5.75 Å². The topological polar surface area (TPSA) is 9.23 Å². The van der Waals surface area contributed by atoms with E-state index in [2.05, 4.69) is 38.2 Å². The first kappa shape index (κ1) is 31.2. The van der Waals surface area contributed by atoms with Crippen LogP contribution in [-0.4, -0.2) is 6.61 Å². The largest absolute Gasteiger partial charge is 0.493 e. The maximum Gasteiger partial charge on any atom is 0.270 e. The first-order chi connectivity index (χ1) is 19.5. The smallest absolute Gasteiger partial charge is 0.270 e. The monoisotopic (exact) mass is 558 g/mol. The third-order valence-corrected chi connectivity index (χ3v) is 10.0. The zero-order valence-corrected chi connectivity index (χ0v) is 25.1. The van der Waals surface area contributed by atoms with E-state index in [0.29, 0.717) is 35.8 Å². The van der Waals surface area contributed by atoms with Gasteiger partial charge >= 0.3 is 0 Å². The van der Waals surface area contributed by atoms with Crippen molar-refractivity contribution in [2.24, 2.45) is 29.6 Å². The highest BCUT2D eigenvalue weighted by Gasteiger charge is 2.30. The van der Waals surface area contributed by atoms with Gasteiger partial charge in [0.05, 0.1) is 12.2 Å². The zero-order chi connectivity index (χ0) is 28.3.